The van der Waals surface area contributed by atoms with E-state index in [0.717, 1.165) is 6.42 Å². The van der Waals surface area contributed by atoms with Gasteiger partial charge in [0.15, 0.2) is 5.82 Å². The fraction of sp³-hybridized carbons (Fsp3) is 0.636. The molecule has 0 aliphatic heterocycles. The summed E-state index contributed by atoms with van der Waals surface area (Å²) in [5, 5.41) is 12.5. The Hall–Kier alpha value is -0.910. The van der Waals surface area contributed by atoms with Gasteiger partial charge < -0.3 is 15.2 Å². The first-order chi connectivity index (χ1) is 8.19. The summed E-state index contributed by atoms with van der Waals surface area (Å²) in [6, 6.07) is 1.85. The van der Waals surface area contributed by atoms with E-state index in [2.05, 4.69) is 15.3 Å². The van der Waals surface area contributed by atoms with Crippen LogP contribution in [0.3, 0.4) is 0 Å². The van der Waals surface area contributed by atoms with E-state index in [9.17, 15) is 0 Å². The van der Waals surface area contributed by atoms with Gasteiger partial charge in [-0.3, -0.25) is 0 Å². The van der Waals surface area contributed by atoms with Gasteiger partial charge in [0.25, 0.3) is 0 Å². The van der Waals surface area contributed by atoms with Crippen LogP contribution in [0.4, 0.5) is 5.82 Å². The van der Waals surface area contributed by atoms with Crippen LogP contribution in [0.25, 0.3) is 0 Å². The number of aliphatic hydroxyl groups excluding tert-OH is 1. The molecule has 0 saturated heterocycles. The van der Waals surface area contributed by atoms with Gasteiger partial charge in [0, 0.05) is 25.8 Å². The third-order valence-electron chi connectivity index (χ3n) is 2.34. The maximum Gasteiger partial charge on any atom is 0.158 e. The molecule has 0 fully saturated rings. The highest BCUT2D eigenvalue weighted by molar-refractivity contribution is 6.29. The summed E-state index contributed by atoms with van der Waals surface area (Å²) in [4.78, 5) is 8.32. The number of halogens is 1. The molecule has 96 valence electrons. The van der Waals surface area contributed by atoms with Crippen LogP contribution >= 0.6 is 11.6 Å². The third kappa shape index (κ3) is 4.85. The van der Waals surface area contributed by atoms with Crippen LogP contribution in [-0.2, 0) is 11.3 Å². The number of nitrogens with zero attached hydrogens (tertiary/aromatic N) is 2. The summed E-state index contributed by atoms with van der Waals surface area (Å²) < 4.78 is 4.97. The Balaban J connectivity index is 2.75. The van der Waals surface area contributed by atoms with E-state index in [0.29, 0.717) is 29.8 Å². The first-order valence-electron chi connectivity index (χ1n) is 5.59. The summed E-state index contributed by atoms with van der Waals surface area (Å²) in [5.74, 6) is 1.21. The number of nitrogens with one attached hydrogen (secondary N) is 1. The molecular weight excluding hydrogens is 242 g/mol. The summed E-state index contributed by atoms with van der Waals surface area (Å²) in [6.07, 6.45) is 1.58. The Morgan fingerprint density at radius 2 is 2.29 bits per heavy atom. The molecule has 0 aliphatic carbocycles. The van der Waals surface area contributed by atoms with Crippen molar-refractivity contribution in [2.24, 2.45) is 0 Å². The number of hydrogen-bond acceptors (Lipinski definition) is 5. The maximum absolute atomic E-state index is 8.92. The van der Waals surface area contributed by atoms with Gasteiger partial charge in [0.2, 0.25) is 0 Å². The maximum atomic E-state index is 8.92. The Bertz CT molecular complexity index is 349. The van der Waals surface area contributed by atoms with Gasteiger partial charge in [0.1, 0.15) is 17.6 Å². The normalized spacial score (nSPS) is 12.5. The minimum Gasteiger partial charge on any atom is -0.396 e. The Morgan fingerprint density at radius 1 is 1.53 bits per heavy atom. The molecule has 1 rings (SSSR count). The molecule has 1 aromatic rings. The van der Waals surface area contributed by atoms with Gasteiger partial charge in [-0.2, -0.15) is 0 Å². The zero-order valence-electron chi connectivity index (χ0n) is 10.1. The highest BCUT2D eigenvalue weighted by Crippen LogP contribution is 2.14. The first kappa shape index (κ1) is 14.2. The number of anilines is 1. The molecule has 1 aromatic heterocycles. The smallest absolute Gasteiger partial charge is 0.158 e. The third-order valence-corrected chi connectivity index (χ3v) is 2.53. The lowest BCUT2D eigenvalue weighted by molar-refractivity contribution is 0.178. The van der Waals surface area contributed by atoms with Gasteiger partial charge in [-0.1, -0.05) is 18.5 Å². The van der Waals surface area contributed by atoms with E-state index < -0.39 is 0 Å². The molecule has 0 aliphatic rings. The summed E-state index contributed by atoms with van der Waals surface area (Å²) >= 11 is 5.89. The minimum absolute atomic E-state index is 0.148. The molecule has 0 bridgehead atoms. The molecule has 6 heteroatoms. The lowest BCUT2D eigenvalue weighted by Crippen LogP contribution is -2.21. The zero-order chi connectivity index (χ0) is 12.7. The number of aromatic nitrogens is 2. The minimum atomic E-state index is 0.148. The van der Waals surface area contributed by atoms with Crippen molar-refractivity contribution in [2.75, 3.05) is 19.0 Å². The molecule has 0 radical (unpaired) electrons. The monoisotopic (exact) mass is 259 g/mol. The lowest BCUT2D eigenvalue weighted by Gasteiger charge is -2.16. The Kier molecular flexibility index (Phi) is 6.18. The average molecular weight is 260 g/mol. The number of rotatable bonds is 7. The number of aliphatic hydroxyl groups is 1. The van der Waals surface area contributed by atoms with E-state index in [-0.39, 0.29) is 12.6 Å². The van der Waals surface area contributed by atoms with Crippen LogP contribution in [0.5, 0.6) is 0 Å². The van der Waals surface area contributed by atoms with Gasteiger partial charge >= 0.3 is 0 Å². The van der Waals surface area contributed by atoms with E-state index >= 15 is 0 Å². The average Bonchev–Trinajstić information content (AvgIpc) is 2.28. The topological polar surface area (TPSA) is 67.3 Å². The summed E-state index contributed by atoms with van der Waals surface area (Å²) in [6.45, 7) is 2.52. The second-order valence-corrected chi connectivity index (χ2v) is 4.07. The van der Waals surface area contributed by atoms with Gasteiger partial charge in [-0.05, 0) is 12.8 Å². The van der Waals surface area contributed by atoms with Crippen molar-refractivity contribution >= 4 is 17.4 Å². The van der Waals surface area contributed by atoms with E-state index in [1.165, 1.54) is 0 Å². The highest BCUT2D eigenvalue weighted by Gasteiger charge is 2.08. The van der Waals surface area contributed by atoms with Gasteiger partial charge in [-0.25, -0.2) is 9.97 Å². The fourth-order valence-electron chi connectivity index (χ4n) is 1.48. The summed E-state index contributed by atoms with van der Waals surface area (Å²) in [7, 11) is 1.58. The zero-order valence-corrected chi connectivity index (χ0v) is 10.9. The first-order valence-corrected chi connectivity index (χ1v) is 5.97. The largest absolute Gasteiger partial charge is 0.396 e. The van der Waals surface area contributed by atoms with Crippen molar-refractivity contribution in [3.63, 3.8) is 0 Å². The molecule has 0 amide bonds. The second-order valence-electron chi connectivity index (χ2n) is 3.69. The number of hydrogen-bond donors (Lipinski definition) is 2. The van der Waals surface area contributed by atoms with Crippen molar-refractivity contribution in [2.45, 2.75) is 32.4 Å². The molecular formula is C11H18ClN3O2. The second kappa shape index (κ2) is 7.42. The van der Waals surface area contributed by atoms with Crippen LogP contribution in [0.1, 0.15) is 25.6 Å². The fourth-order valence-corrected chi connectivity index (χ4v) is 1.68. The number of ether oxygens (including phenoxy) is 1. The molecule has 1 atom stereocenters. The highest BCUT2D eigenvalue weighted by atomic mass is 35.5. The van der Waals surface area contributed by atoms with Crippen molar-refractivity contribution < 1.29 is 9.84 Å². The van der Waals surface area contributed by atoms with E-state index in [4.69, 9.17) is 21.4 Å². The van der Waals surface area contributed by atoms with Crippen molar-refractivity contribution in [3.05, 3.63) is 17.0 Å². The molecule has 17 heavy (non-hydrogen) atoms. The van der Waals surface area contributed by atoms with Crippen molar-refractivity contribution in [1.29, 1.82) is 0 Å². The molecule has 0 saturated carbocycles. The summed E-state index contributed by atoms with van der Waals surface area (Å²) in [5.41, 5.74) is 0. The predicted octanol–water partition coefficient (Wildman–Crippen LogP) is 1.85. The van der Waals surface area contributed by atoms with Crippen LogP contribution < -0.4 is 5.32 Å². The lowest BCUT2D eigenvalue weighted by atomic mass is 10.1. The SMILES string of the molecule is CCC(CCO)Nc1cc(Cl)nc(COC)n1. The van der Waals surface area contributed by atoms with E-state index in [1.54, 1.807) is 13.2 Å². The standard InChI is InChI=1S/C11H18ClN3O2/c1-3-8(4-5-16)13-10-6-9(12)14-11(15-10)7-17-2/h6,8,16H,3-5,7H2,1-2H3,(H,13,14,15). The van der Waals surface area contributed by atoms with E-state index in [1.807, 2.05) is 6.92 Å². The van der Waals surface area contributed by atoms with Crippen LogP contribution in [0.15, 0.2) is 6.07 Å². The molecule has 1 heterocycles. The van der Waals surface area contributed by atoms with Crippen molar-refractivity contribution in [1.82, 2.24) is 9.97 Å². The Labute approximate surface area is 106 Å². The number of methoxy groups -OCH3 is 1. The molecule has 0 spiro atoms. The molecule has 1 unspecified atom stereocenters. The van der Waals surface area contributed by atoms with Crippen LogP contribution in [0, 0.1) is 0 Å². The van der Waals surface area contributed by atoms with Gasteiger partial charge in [0.05, 0.1) is 0 Å². The molecule has 0 aromatic carbocycles. The Morgan fingerprint density at radius 3 is 2.88 bits per heavy atom. The van der Waals surface area contributed by atoms with Crippen LogP contribution in [0.2, 0.25) is 5.15 Å². The van der Waals surface area contributed by atoms with Crippen molar-refractivity contribution in [3.8, 4) is 0 Å². The van der Waals surface area contributed by atoms with Gasteiger partial charge in [-0.15, -0.1) is 0 Å². The quantitative estimate of drug-likeness (QED) is 0.732. The predicted molar refractivity (Wildman–Crippen MR) is 67.2 cm³/mol. The van der Waals surface area contributed by atoms with Crippen LogP contribution in [-0.4, -0.2) is 34.8 Å². The molecule has 5 nitrogen and oxygen atoms in total. The molecule has 2 N–H and O–H groups in total.